The molecule has 0 radical (unpaired) electrons. The number of amides is 1. The van der Waals surface area contributed by atoms with Gasteiger partial charge in [-0.2, -0.15) is 0 Å². The molecule has 0 N–H and O–H groups in total. The summed E-state index contributed by atoms with van der Waals surface area (Å²) in [7, 11) is 0. The van der Waals surface area contributed by atoms with E-state index in [4.69, 9.17) is 4.74 Å². The Morgan fingerprint density at radius 3 is 2.59 bits per heavy atom. The van der Waals surface area contributed by atoms with Gasteiger partial charge in [0, 0.05) is 29.6 Å². The number of fused-ring (bicyclic) bond motifs is 1. The van der Waals surface area contributed by atoms with Crippen molar-refractivity contribution in [3.05, 3.63) is 65.0 Å². The molecule has 0 heterocycles. The molecule has 1 aliphatic rings. The van der Waals surface area contributed by atoms with Gasteiger partial charge in [-0.1, -0.05) is 24.3 Å². The molecule has 142 valence electrons. The first kappa shape index (κ1) is 19.1. The number of benzene rings is 2. The third kappa shape index (κ3) is 4.35. The lowest BCUT2D eigenvalue weighted by Gasteiger charge is -2.36. The first-order valence-electron chi connectivity index (χ1n) is 9.08. The van der Waals surface area contributed by atoms with Gasteiger partial charge in [0.1, 0.15) is 11.6 Å². The molecule has 2 aromatic carbocycles. The second kappa shape index (κ2) is 7.51. The van der Waals surface area contributed by atoms with Gasteiger partial charge in [-0.3, -0.25) is 9.59 Å². The minimum Gasteiger partial charge on any atom is -0.483 e. The average molecular weight is 369 g/mol. The lowest BCUT2D eigenvalue weighted by molar-refractivity contribution is -0.139. The van der Waals surface area contributed by atoms with Crippen LogP contribution in [0.3, 0.4) is 0 Å². The highest BCUT2D eigenvalue weighted by molar-refractivity contribution is 6.01. The van der Waals surface area contributed by atoms with Crippen LogP contribution in [-0.2, 0) is 17.8 Å². The molecule has 0 fully saturated rings. The Morgan fingerprint density at radius 1 is 1.15 bits per heavy atom. The van der Waals surface area contributed by atoms with Crippen molar-refractivity contribution >= 4 is 11.7 Å². The Labute approximate surface area is 158 Å². The van der Waals surface area contributed by atoms with Crippen LogP contribution in [0.5, 0.6) is 5.75 Å². The summed E-state index contributed by atoms with van der Waals surface area (Å²) in [6.07, 6.45) is 1.13. The van der Waals surface area contributed by atoms with Crippen LogP contribution < -0.4 is 4.74 Å². The summed E-state index contributed by atoms with van der Waals surface area (Å²) in [4.78, 5) is 26.4. The maximum Gasteiger partial charge on any atom is 0.261 e. The number of hydrogen-bond acceptors (Lipinski definition) is 3. The van der Waals surface area contributed by atoms with Crippen molar-refractivity contribution in [3.63, 3.8) is 0 Å². The van der Waals surface area contributed by atoms with Crippen LogP contribution in [0, 0.1) is 5.82 Å². The van der Waals surface area contributed by atoms with Crippen molar-refractivity contribution in [2.24, 2.45) is 0 Å². The van der Waals surface area contributed by atoms with Crippen molar-refractivity contribution in [1.29, 1.82) is 0 Å². The van der Waals surface area contributed by atoms with E-state index in [1.54, 1.807) is 35.2 Å². The SMILES string of the molecule is CC(C)(C)N(Cc1cccc(F)c1)C(=O)COc1cccc2c1CCC2=O. The number of nitrogens with zero attached hydrogens (tertiary/aromatic N) is 1. The van der Waals surface area contributed by atoms with Crippen molar-refractivity contribution in [1.82, 2.24) is 4.90 Å². The third-order valence-corrected chi connectivity index (χ3v) is 4.73. The molecule has 3 rings (SSSR count). The summed E-state index contributed by atoms with van der Waals surface area (Å²) < 4.78 is 19.3. The van der Waals surface area contributed by atoms with Gasteiger partial charge in [0.25, 0.3) is 5.91 Å². The van der Waals surface area contributed by atoms with E-state index in [9.17, 15) is 14.0 Å². The highest BCUT2D eigenvalue weighted by Gasteiger charge is 2.28. The van der Waals surface area contributed by atoms with Gasteiger partial charge in [0.15, 0.2) is 12.4 Å². The smallest absolute Gasteiger partial charge is 0.261 e. The normalized spacial score (nSPS) is 13.4. The molecule has 0 spiro atoms. The zero-order valence-electron chi connectivity index (χ0n) is 15.9. The number of hydrogen-bond donors (Lipinski definition) is 0. The fraction of sp³-hybridized carbons (Fsp3) is 0.364. The lowest BCUT2D eigenvalue weighted by Crippen LogP contribution is -2.47. The zero-order valence-corrected chi connectivity index (χ0v) is 15.9. The summed E-state index contributed by atoms with van der Waals surface area (Å²) >= 11 is 0. The highest BCUT2D eigenvalue weighted by Crippen LogP contribution is 2.30. The van der Waals surface area contributed by atoms with Crippen LogP contribution in [0.2, 0.25) is 0 Å². The number of carbonyl (C=O) groups excluding carboxylic acids is 2. The predicted molar refractivity (Wildman–Crippen MR) is 101 cm³/mol. The Hall–Kier alpha value is -2.69. The van der Waals surface area contributed by atoms with Gasteiger partial charge in [0.2, 0.25) is 0 Å². The molecule has 0 aromatic heterocycles. The van der Waals surface area contributed by atoms with Crippen molar-refractivity contribution in [2.75, 3.05) is 6.61 Å². The molecule has 0 bridgehead atoms. The molecule has 0 saturated heterocycles. The Balaban J connectivity index is 1.73. The molecule has 1 aliphatic carbocycles. The van der Waals surface area contributed by atoms with Gasteiger partial charge in [0.05, 0.1) is 0 Å². The van der Waals surface area contributed by atoms with Crippen LogP contribution in [0.4, 0.5) is 4.39 Å². The number of carbonyl (C=O) groups is 2. The van der Waals surface area contributed by atoms with E-state index in [2.05, 4.69) is 0 Å². The van der Waals surface area contributed by atoms with Gasteiger partial charge < -0.3 is 9.64 Å². The molecule has 2 aromatic rings. The van der Waals surface area contributed by atoms with Crippen LogP contribution in [0.25, 0.3) is 0 Å². The van der Waals surface area contributed by atoms with E-state index >= 15 is 0 Å². The van der Waals surface area contributed by atoms with E-state index in [-0.39, 0.29) is 24.1 Å². The van der Waals surface area contributed by atoms with E-state index in [1.807, 2.05) is 20.8 Å². The van der Waals surface area contributed by atoms with E-state index < -0.39 is 5.54 Å². The van der Waals surface area contributed by atoms with Crippen molar-refractivity contribution in [3.8, 4) is 5.75 Å². The molecule has 0 atom stereocenters. The van der Waals surface area contributed by atoms with Gasteiger partial charge in [-0.15, -0.1) is 0 Å². The quantitative estimate of drug-likeness (QED) is 0.795. The largest absolute Gasteiger partial charge is 0.483 e. The maximum atomic E-state index is 13.5. The van der Waals surface area contributed by atoms with E-state index in [0.29, 0.717) is 30.7 Å². The molecule has 0 saturated carbocycles. The topological polar surface area (TPSA) is 46.6 Å². The summed E-state index contributed by atoms with van der Waals surface area (Å²) in [5.74, 6) is 0.193. The lowest BCUT2D eigenvalue weighted by atomic mass is 10.0. The van der Waals surface area contributed by atoms with Crippen LogP contribution >= 0.6 is 0 Å². The minimum atomic E-state index is -0.443. The molecule has 0 aliphatic heterocycles. The Bertz CT molecular complexity index is 870. The number of Topliss-reactive ketones (excluding diaryl/α,β-unsaturated/α-hetero) is 1. The van der Waals surface area contributed by atoms with Crippen molar-refractivity contribution < 1.29 is 18.7 Å². The summed E-state index contributed by atoms with van der Waals surface area (Å²) in [5, 5.41) is 0. The molecule has 1 amide bonds. The first-order valence-corrected chi connectivity index (χ1v) is 9.08. The van der Waals surface area contributed by atoms with E-state index in [1.165, 1.54) is 12.1 Å². The molecule has 0 unspecified atom stereocenters. The Morgan fingerprint density at radius 2 is 1.89 bits per heavy atom. The molecular weight excluding hydrogens is 345 g/mol. The molecular formula is C22H24FNO3. The number of halogens is 1. The van der Waals surface area contributed by atoms with Crippen LogP contribution in [0.1, 0.15) is 48.7 Å². The summed E-state index contributed by atoms with van der Waals surface area (Å²) in [5.41, 5.74) is 1.85. The Kier molecular flexibility index (Phi) is 5.31. The number of rotatable bonds is 5. The summed E-state index contributed by atoms with van der Waals surface area (Å²) in [6.45, 7) is 5.97. The average Bonchev–Trinajstić information content (AvgIpc) is 2.98. The standard InChI is InChI=1S/C22H24FNO3/c1-22(2,3)24(13-15-6-4-7-16(23)12-15)21(26)14-27-20-9-5-8-17-18(20)10-11-19(17)25/h4-9,12H,10-11,13-14H2,1-3H3. The number of ketones is 1. The number of ether oxygens (including phenoxy) is 1. The van der Waals surface area contributed by atoms with Gasteiger partial charge in [-0.25, -0.2) is 4.39 Å². The molecule has 27 heavy (non-hydrogen) atoms. The predicted octanol–water partition coefficient (Wildman–Crippen LogP) is 4.16. The second-order valence-corrected chi connectivity index (χ2v) is 7.77. The minimum absolute atomic E-state index is 0.115. The molecule has 4 nitrogen and oxygen atoms in total. The van der Waals surface area contributed by atoms with Gasteiger partial charge >= 0.3 is 0 Å². The van der Waals surface area contributed by atoms with Crippen molar-refractivity contribution in [2.45, 2.75) is 45.7 Å². The van der Waals surface area contributed by atoms with Crippen LogP contribution in [0.15, 0.2) is 42.5 Å². The third-order valence-electron chi connectivity index (χ3n) is 4.73. The maximum absolute atomic E-state index is 13.5. The highest BCUT2D eigenvalue weighted by atomic mass is 19.1. The van der Waals surface area contributed by atoms with Crippen LogP contribution in [-0.4, -0.2) is 28.7 Å². The fourth-order valence-electron chi connectivity index (χ4n) is 3.33. The fourth-order valence-corrected chi connectivity index (χ4v) is 3.33. The molecule has 5 heteroatoms. The van der Waals surface area contributed by atoms with E-state index in [0.717, 1.165) is 11.1 Å². The first-order chi connectivity index (χ1) is 12.8. The monoisotopic (exact) mass is 369 g/mol. The zero-order chi connectivity index (χ0) is 19.6. The second-order valence-electron chi connectivity index (χ2n) is 7.77. The van der Waals surface area contributed by atoms with Gasteiger partial charge in [-0.05, 0) is 51.0 Å². The summed E-state index contributed by atoms with van der Waals surface area (Å²) in [6, 6.07) is 11.6.